The summed E-state index contributed by atoms with van der Waals surface area (Å²) in [5, 5.41) is 15.1. The average molecular weight is 588 g/mol. The molecule has 9 rings (SSSR count). The molecule has 0 bridgehead atoms. The molecule has 0 aliphatic carbocycles. The Morgan fingerprint density at radius 3 is 1.89 bits per heavy atom. The average Bonchev–Trinajstić information content (AvgIpc) is 3.67. The van der Waals surface area contributed by atoms with Crippen LogP contribution in [0.4, 0.5) is 0 Å². The molecule has 4 heteroatoms. The Hall–Kier alpha value is -6.44. The number of hydrogen-bond acceptors (Lipinski definition) is 3. The lowest BCUT2D eigenvalue weighted by Crippen LogP contribution is -1.97. The minimum Gasteiger partial charge on any atom is -0.456 e. The maximum Gasteiger partial charge on any atom is 0.136 e. The van der Waals surface area contributed by atoms with Crippen LogP contribution in [0.3, 0.4) is 0 Å². The summed E-state index contributed by atoms with van der Waals surface area (Å²) >= 11 is 0. The van der Waals surface area contributed by atoms with E-state index in [0.717, 1.165) is 66.6 Å². The minimum absolute atomic E-state index is 0.534. The van der Waals surface area contributed by atoms with Crippen molar-refractivity contribution < 1.29 is 4.42 Å². The zero-order valence-electron chi connectivity index (χ0n) is 24.7. The standard InChI is InChI=1S/C42H25N3O/c43-26-35-33(25-36(27-12-3-1-4-13-27)44-42(35)28-14-5-2-6-15-28)32-18-11-21-40-41(32)34-24-29(22-23-39(34)46-40)45-37-19-9-7-16-30(37)31-17-8-10-20-38(31)45/h1-25H. The van der Waals surface area contributed by atoms with Crippen LogP contribution in [-0.4, -0.2) is 9.55 Å². The van der Waals surface area contributed by atoms with Gasteiger partial charge in [0.2, 0.25) is 0 Å². The zero-order valence-corrected chi connectivity index (χ0v) is 24.7. The van der Waals surface area contributed by atoms with E-state index in [1.54, 1.807) is 0 Å². The number of para-hydroxylation sites is 2. The van der Waals surface area contributed by atoms with Crippen LogP contribution in [0.2, 0.25) is 0 Å². The quantitative estimate of drug-likeness (QED) is 0.206. The molecule has 0 saturated heterocycles. The van der Waals surface area contributed by atoms with Crippen LogP contribution in [0.25, 0.3) is 83.1 Å². The third kappa shape index (κ3) is 3.96. The molecule has 0 spiro atoms. The second-order valence-corrected chi connectivity index (χ2v) is 11.5. The Labute approximate surface area is 265 Å². The number of pyridine rings is 1. The lowest BCUT2D eigenvalue weighted by atomic mass is 9.92. The molecule has 0 radical (unpaired) electrons. The zero-order chi connectivity index (χ0) is 30.6. The Kier molecular flexibility index (Phi) is 5.84. The second kappa shape index (κ2) is 10.3. The summed E-state index contributed by atoms with van der Waals surface area (Å²) in [5.74, 6) is 0. The van der Waals surface area contributed by atoms with Crippen molar-refractivity contribution in [1.82, 2.24) is 9.55 Å². The molecule has 9 aromatic rings. The molecule has 0 fully saturated rings. The lowest BCUT2D eigenvalue weighted by Gasteiger charge is -2.14. The van der Waals surface area contributed by atoms with Crippen molar-refractivity contribution in [2.45, 2.75) is 0 Å². The van der Waals surface area contributed by atoms with Gasteiger partial charge < -0.3 is 8.98 Å². The molecule has 6 aromatic carbocycles. The van der Waals surface area contributed by atoms with E-state index in [-0.39, 0.29) is 0 Å². The fraction of sp³-hybridized carbons (Fsp3) is 0. The lowest BCUT2D eigenvalue weighted by molar-refractivity contribution is 0.669. The van der Waals surface area contributed by atoms with Crippen molar-refractivity contribution in [3.63, 3.8) is 0 Å². The first-order valence-corrected chi connectivity index (χ1v) is 15.3. The molecule has 0 unspecified atom stereocenters. The Balaban J connectivity index is 1.35. The minimum atomic E-state index is 0.534. The van der Waals surface area contributed by atoms with E-state index < -0.39 is 0 Å². The number of nitrogens with zero attached hydrogens (tertiary/aromatic N) is 3. The molecule has 214 valence electrons. The van der Waals surface area contributed by atoms with E-state index in [1.807, 2.05) is 66.7 Å². The first-order valence-electron chi connectivity index (χ1n) is 15.3. The van der Waals surface area contributed by atoms with Gasteiger partial charge in [-0.15, -0.1) is 0 Å². The molecule has 3 heterocycles. The van der Waals surface area contributed by atoms with Crippen LogP contribution in [0, 0.1) is 11.3 Å². The van der Waals surface area contributed by atoms with Crippen LogP contribution in [0.15, 0.2) is 156 Å². The normalized spacial score (nSPS) is 11.5. The van der Waals surface area contributed by atoms with Gasteiger partial charge in [0, 0.05) is 43.9 Å². The summed E-state index contributed by atoms with van der Waals surface area (Å²) in [4.78, 5) is 5.06. The molecule has 0 N–H and O–H groups in total. The van der Waals surface area contributed by atoms with Crippen LogP contribution < -0.4 is 0 Å². The van der Waals surface area contributed by atoms with Crippen LogP contribution >= 0.6 is 0 Å². The van der Waals surface area contributed by atoms with E-state index in [4.69, 9.17) is 9.40 Å². The van der Waals surface area contributed by atoms with Gasteiger partial charge in [0.1, 0.15) is 17.2 Å². The number of furan rings is 1. The fourth-order valence-corrected chi connectivity index (χ4v) is 6.81. The summed E-state index contributed by atoms with van der Waals surface area (Å²) in [6.45, 7) is 0. The van der Waals surface area contributed by atoms with Gasteiger partial charge in [0.05, 0.1) is 28.0 Å². The number of benzene rings is 6. The van der Waals surface area contributed by atoms with Crippen molar-refractivity contribution in [2.75, 3.05) is 0 Å². The number of aromatic nitrogens is 2. The van der Waals surface area contributed by atoms with Gasteiger partial charge in [0.25, 0.3) is 0 Å². The molecular weight excluding hydrogens is 562 g/mol. The molecule has 4 nitrogen and oxygen atoms in total. The van der Waals surface area contributed by atoms with Crippen LogP contribution in [0.1, 0.15) is 5.56 Å². The third-order valence-electron chi connectivity index (χ3n) is 8.86. The summed E-state index contributed by atoms with van der Waals surface area (Å²) in [7, 11) is 0. The van der Waals surface area contributed by atoms with Gasteiger partial charge in [-0.3, -0.25) is 0 Å². The SMILES string of the molecule is N#Cc1c(-c2cccc3oc4ccc(-n5c6ccccc6c6ccccc65)cc4c23)cc(-c2ccccc2)nc1-c1ccccc1. The highest BCUT2D eigenvalue weighted by Crippen LogP contribution is 2.42. The van der Waals surface area contributed by atoms with E-state index in [1.165, 1.54) is 10.8 Å². The fourth-order valence-electron chi connectivity index (χ4n) is 6.81. The Bertz CT molecular complexity index is 2590. The maximum atomic E-state index is 10.7. The van der Waals surface area contributed by atoms with E-state index in [2.05, 4.69) is 95.6 Å². The van der Waals surface area contributed by atoms with Crippen molar-refractivity contribution >= 4 is 43.7 Å². The first-order chi connectivity index (χ1) is 22.8. The van der Waals surface area contributed by atoms with Gasteiger partial charge in [-0.1, -0.05) is 109 Å². The monoisotopic (exact) mass is 587 g/mol. The Morgan fingerprint density at radius 2 is 1.20 bits per heavy atom. The highest BCUT2D eigenvalue weighted by Gasteiger charge is 2.21. The highest BCUT2D eigenvalue weighted by molar-refractivity contribution is 6.14. The van der Waals surface area contributed by atoms with Crippen molar-refractivity contribution in [3.05, 3.63) is 157 Å². The number of rotatable bonds is 4. The third-order valence-corrected chi connectivity index (χ3v) is 8.86. The van der Waals surface area contributed by atoms with Gasteiger partial charge >= 0.3 is 0 Å². The smallest absolute Gasteiger partial charge is 0.136 e. The molecule has 3 aromatic heterocycles. The Morgan fingerprint density at radius 1 is 0.543 bits per heavy atom. The highest BCUT2D eigenvalue weighted by atomic mass is 16.3. The van der Waals surface area contributed by atoms with Gasteiger partial charge in [-0.05, 0) is 48.0 Å². The molecule has 0 aliphatic rings. The maximum absolute atomic E-state index is 10.7. The number of hydrogen-bond donors (Lipinski definition) is 0. The van der Waals surface area contributed by atoms with Crippen LogP contribution in [0.5, 0.6) is 0 Å². The van der Waals surface area contributed by atoms with Crippen molar-refractivity contribution in [3.8, 4) is 45.4 Å². The van der Waals surface area contributed by atoms with E-state index in [9.17, 15) is 5.26 Å². The van der Waals surface area contributed by atoms with Crippen molar-refractivity contribution in [1.29, 1.82) is 5.26 Å². The summed E-state index contributed by atoms with van der Waals surface area (Å²) in [5.41, 5.74) is 10.6. The molecule has 0 aliphatic heterocycles. The molecule has 0 amide bonds. The van der Waals surface area contributed by atoms with E-state index >= 15 is 0 Å². The second-order valence-electron chi connectivity index (χ2n) is 11.5. The summed E-state index contributed by atoms with van der Waals surface area (Å²) in [6.07, 6.45) is 0. The molecular formula is C42H25N3O. The van der Waals surface area contributed by atoms with Gasteiger partial charge in [0.15, 0.2) is 0 Å². The largest absolute Gasteiger partial charge is 0.456 e. The predicted molar refractivity (Wildman–Crippen MR) is 187 cm³/mol. The first kappa shape index (κ1) is 26.0. The van der Waals surface area contributed by atoms with E-state index in [0.29, 0.717) is 11.3 Å². The van der Waals surface area contributed by atoms with Gasteiger partial charge in [-0.25, -0.2) is 4.98 Å². The molecule has 46 heavy (non-hydrogen) atoms. The topological polar surface area (TPSA) is 54.8 Å². The molecule has 0 atom stereocenters. The predicted octanol–water partition coefficient (Wildman–Crippen LogP) is 11.0. The van der Waals surface area contributed by atoms with Crippen LogP contribution in [-0.2, 0) is 0 Å². The number of nitriles is 1. The molecule has 0 saturated carbocycles. The summed E-state index contributed by atoms with van der Waals surface area (Å²) in [6, 6.07) is 54.2. The van der Waals surface area contributed by atoms with Gasteiger partial charge in [-0.2, -0.15) is 5.26 Å². The van der Waals surface area contributed by atoms with Crippen molar-refractivity contribution in [2.24, 2.45) is 0 Å². The summed E-state index contributed by atoms with van der Waals surface area (Å²) < 4.78 is 8.78. The number of fused-ring (bicyclic) bond motifs is 6.